The summed E-state index contributed by atoms with van der Waals surface area (Å²) in [7, 11) is 0. The van der Waals surface area contributed by atoms with E-state index in [1.807, 2.05) is 36.5 Å². The van der Waals surface area contributed by atoms with E-state index >= 15 is 0 Å². The lowest BCUT2D eigenvalue weighted by Gasteiger charge is -2.04. The predicted octanol–water partition coefficient (Wildman–Crippen LogP) is 1.05. The fraction of sp³-hybridized carbons (Fsp3) is 0.167. The fourth-order valence-electron chi connectivity index (χ4n) is 1.50. The van der Waals surface area contributed by atoms with Gasteiger partial charge in [-0.05, 0) is 23.8 Å². The lowest BCUT2D eigenvalue weighted by atomic mass is 10.2. The second-order valence-corrected chi connectivity index (χ2v) is 3.61. The zero-order valence-corrected chi connectivity index (χ0v) is 9.21. The van der Waals surface area contributed by atoms with Gasteiger partial charge in [0.2, 0.25) is 0 Å². The van der Waals surface area contributed by atoms with Gasteiger partial charge in [-0.2, -0.15) is 5.10 Å². The van der Waals surface area contributed by atoms with Gasteiger partial charge in [-0.3, -0.25) is 4.79 Å². The van der Waals surface area contributed by atoms with Gasteiger partial charge in [0.05, 0.1) is 12.2 Å². The van der Waals surface area contributed by atoms with Crippen molar-refractivity contribution in [3.63, 3.8) is 0 Å². The number of carbonyl (C=O) groups is 1. The van der Waals surface area contributed by atoms with Crippen LogP contribution in [-0.2, 0) is 11.3 Å². The third-order valence-corrected chi connectivity index (χ3v) is 2.31. The van der Waals surface area contributed by atoms with Crippen molar-refractivity contribution in [2.24, 2.45) is 0 Å². The maximum atomic E-state index is 10.3. The molecule has 0 radical (unpaired) electrons. The van der Waals surface area contributed by atoms with Gasteiger partial charge in [0, 0.05) is 18.9 Å². The second-order valence-electron chi connectivity index (χ2n) is 3.61. The van der Waals surface area contributed by atoms with Crippen molar-refractivity contribution < 1.29 is 9.90 Å². The molecule has 0 saturated heterocycles. The first-order valence-electron chi connectivity index (χ1n) is 5.27. The molecule has 1 aromatic carbocycles. The molecule has 0 aliphatic heterocycles. The summed E-state index contributed by atoms with van der Waals surface area (Å²) in [5, 5.41) is 15.4. The number of aromatic nitrogens is 2. The summed E-state index contributed by atoms with van der Waals surface area (Å²) in [6, 6.07) is 9.66. The lowest BCUT2D eigenvalue weighted by Crippen LogP contribution is -2.21. The number of hydrogen-bond donors (Lipinski definition) is 2. The maximum absolute atomic E-state index is 10.3. The van der Waals surface area contributed by atoms with Crippen molar-refractivity contribution in [3.8, 4) is 5.69 Å². The zero-order chi connectivity index (χ0) is 12.1. The molecular weight excluding hydrogens is 218 g/mol. The number of nitrogens with one attached hydrogen (secondary N) is 1. The molecule has 0 amide bonds. The van der Waals surface area contributed by atoms with Gasteiger partial charge in [-0.25, -0.2) is 4.68 Å². The Kier molecular flexibility index (Phi) is 3.52. The van der Waals surface area contributed by atoms with E-state index < -0.39 is 5.97 Å². The maximum Gasteiger partial charge on any atom is 0.317 e. The summed E-state index contributed by atoms with van der Waals surface area (Å²) < 4.78 is 1.77. The van der Waals surface area contributed by atoms with E-state index in [0.29, 0.717) is 6.54 Å². The number of rotatable bonds is 5. The van der Waals surface area contributed by atoms with Crippen molar-refractivity contribution in [3.05, 3.63) is 48.3 Å². The summed E-state index contributed by atoms with van der Waals surface area (Å²) in [4.78, 5) is 10.3. The van der Waals surface area contributed by atoms with Crippen LogP contribution < -0.4 is 5.32 Å². The Balaban J connectivity index is 1.96. The van der Waals surface area contributed by atoms with Gasteiger partial charge >= 0.3 is 5.97 Å². The first kappa shape index (κ1) is 11.3. The normalized spacial score (nSPS) is 10.4. The van der Waals surface area contributed by atoms with Crippen LogP contribution >= 0.6 is 0 Å². The van der Waals surface area contributed by atoms with E-state index in [1.165, 1.54) is 0 Å². The first-order chi connectivity index (χ1) is 8.25. The molecule has 5 heteroatoms. The van der Waals surface area contributed by atoms with Gasteiger partial charge in [0.1, 0.15) is 0 Å². The highest BCUT2D eigenvalue weighted by Crippen LogP contribution is 2.08. The molecule has 2 N–H and O–H groups in total. The van der Waals surface area contributed by atoms with Crippen LogP contribution in [0.15, 0.2) is 42.7 Å². The monoisotopic (exact) mass is 231 g/mol. The number of carboxylic acids is 1. The fourth-order valence-corrected chi connectivity index (χ4v) is 1.50. The minimum atomic E-state index is -0.849. The van der Waals surface area contributed by atoms with E-state index in [2.05, 4.69) is 10.4 Å². The van der Waals surface area contributed by atoms with Crippen molar-refractivity contribution in [2.45, 2.75) is 6.54 Å². The molecule has 0 unspecified atom stereocenters. The topological polar surface area (TPSA) is 67.2 Å². The van der Waals surface area contributed by atoms with Crippen LogP contribution in [0.2, 0.25) is 0 Å². The van der Waals surface area contributed by atoms with Gasteiger partial charge in [-0.15, -0.1) is 0 Å². The van der Waals surface area contributed by atoms with E-state index in [0.717, 1.165) is 11.3 Å². The van der Waals surface area contributed by atoms with Crippen LogP contribution in [0.1, 0.15) is 5.56 Å². The van der Waals surface area contributed by atoms with Crippen LogP contribution in [0.4, 0.5) is 0 Å². The molecule has 5 nitrogen and oxygen atoms in total. The Labute approximate surface area is 98.7 Å². The molecule has 0 bridgehead atoms. The number of nitrogens with zero attached hydrogens (tertiary/aromatic N) is 2. The molecule has 17 heavy (non-hydrogen) atoms. The summed E-state index contributed by atoms with van der Waals surface area (Å²) in [5.74, 6) is -0.849. The summed E-state index contributed by atoms with van der Waals surface area (Å²) in [6.07, 6.45) is 3.60. The highest BCUT2D eigenvalue weighted by Gasteiger charge is 1.98. The van der Waals surface area contributed by atoms with E-state index in [9.17, 15) is 4.79 Å². The summed E-state index contributed by atoms with van der Waals surface area (Å²) in [6.45, 7) is 0.520. The highest BCUT2D eigenvalue weighted by molar-refractivity contribution is 5.68. The zero-order valence-electron chi connectivity index (χ0n) is 9.21. The Morgan fingerprint density at radius 3 is 2.71 bits per heavy atom. The number of carboxylic acid groups (broad SMARTS) is 1. The lowest BCUT2D eigenvalue weighted by molar-refractivity contribution is -0.135. The minimum absolute atomic E-state index is 0.0269. The Hall–Kier alpha value is -2.14. The molecule has 1 aromatic heterocycles. The minimum Gasteiger partial charge on any atom is -0.480 e. The van der Waals surface area contributed by atoms with E-state index in [-0.39, 0.29) is 6.54 Å². The first-order valence-corrected chi connectivity index (χ1v) is 5.27. The third kappa shape index (κ3) is 3.15. The molecule has 0 saturated carbocycles. The largest absolute Gasteiger partial charge is 0.480 e. The smallest absolute Gasteiger partial charge is 0.317 e. The molecular formula is C12H13N3O2. The third-order valence-electron chi connectivity index (χ3n) is 2.31. The van der Waals surface area contributed by atoms with Crippen molar-refractivity contribution in [1.29, 1.82) is 0 Å². The standard InChI is InChI=1S/C12H13N3O2/c16-12(17)9-13-8-10-2-4-11(5-3-10)15-7-1-6-14-15/h1-7,13H,8-9H2,(H,16,17). The summed E-state index contributed by atoms with van der Waals surface area (Å²) in [5.41, 5.74) is 2.03. The average molecular weight is 231 g/mol. The van der Waals surface area contributed by atoms with Crippen LogP contribution in [0.5, 0.6) is 0 Å². The SMILES string of the molecule is O=C(O)CNCc1ccc(-n2cccn2)cc1. The van der Waals surface area contributed by atoms with Crippen molar-refractivity contribution >= 4 is 5.97 Å². The molecule has 88 valence electrons. The Bertz CT molecular complexity index is 477. The highest BCUT2D eigenvalue weighted by atomic mass is 16.4. The Morgan fingerprint density at radius 2 is 2.12 bits per heavy atom. The van der Waals surface area contributed by atoms with Crippen molar-refractivity contribution in [2.75, 3.05) is 6.54 Å². The molecule has 0 aliphatic rings. The van der Waals surface area contributed by atoms with Crippen LogP contribution in [-0.4, -0.2) is 27.4 Å². The Morgan fingerprint density at radius 1 is 1.35 bits per heavy atom. The number of hydrogen-bond acceptors (Lipinski definition) is 3. The molecule has 2 aromatic rings. The molecule has 2 rings (SSSR count). The molecule has 0 aliphatic carbocycles. The van der Waals surface area contributed by atoms with Gasteiger partial charge in [-0.1, -0.05) is 12.1 Å². The van der Waals surface area contributed by atoms with Gasteiger partial charge in [0.15, 0.2) is 0 Å². The van der Waals surface area contributed by atoms with Gasteiger partial charge in [0.25, 0.3) is 0 Å². The van der Waals surface area contributed by atoms with E-state index in [4.69, 9.17) is 5.11 Å². The number of aliphatic carboxylic acids is 1. The van der Waals surface area contributed by atoms with E-state index in [1.54, 1.807) is 10.9 Å². The van der Waals surface area contributed by atoms with Crippen molar-refractivity contribution in [1.82, 2.24) is 15.1 Å². The second kappa shape index (κ2) is 5.27. The molecule has 1 heterocycles. The van der Waals surface area contributed by atoms with Crippen LogP contribution in [0, 0.1) is 0 Å². The quantitative estimate of drug-likeness (QED) is 0.807. The predicted molar refractivity (Wildman–Crippen MR) is 62.9 cm³/mol. The van der Waals surface area contributed by atoms with Gasteiger partial charge < -0.3 is 10.4 Å². The van der Waals surface area contributed by atoms with Crippen LogP contribution in [0.3, 0.4) is 0 Å². The van der Waals surface area contributed by atoms with Crippen LogP contribution in [0.25, 0.3) is 5.69 Å². The molecule has 0 spiro atoms. The summed E-state index contributed by atoms with van der Waals surface area (Å²) >= 11 is 0. The average Bonchev–Trinajstić information content (AvgIpc) is 2.83. The molecule has 0 atom stereocenters. The molecule has 0 fully saturated rings. The number of benzene rings is 1.